The molecule has 0 aliphatic carbocycles. The lowest BCUT2D eigenvalue weighted by Crippen LogP contribution is -2.15. The highest BCUT2D eigenvalue weighted by molar-refractivity contribution is 6.34. The monoisotopic (exact) mass is 265 g/mol. The lowest BCUT2D eigenvalue weighted by atomic mass is 10.1. The summed E-state index contributed by atoms with van der Waals surface area (Å²) >= 11 is 5.95. The van der Waals surface area contributed by atoms with Gasteiger partial charge >= 0.3 is 5.97 Å². The molecule has 0 fully saturated rings. The van der Waals surface area contributed by atoms with Crippen LogP contribution >= 0.6 is 11.6 Å². The summed E-state index contributed by atoms with van der Waals surface area (Å²) in [5.74, 6) is 0.206. The second-order valence-electron chi connectivity index (χ2n) is 3.65. The molecule has 0 saturated carbocycles. The fourth-order valence-corrected chi connectivity index (χ4v) is 1.79. The first-order valence-corrected chi connectivity index (χ1v) is 5.64. The van der Waals surface area contributed by atoms with Gasteiger partial charge in [-0.25, -0.2) is 4.98 Å². The molecule has 6 heteroatoms. The number of esters is 1. The molecule has 3 N–H and O–H groups in total. The Bertz CT molecular complexity index is 601. The zero-order valence-corrected chi connectivity index (χ0v) is 10.5. The molecule has 0 saturated heterocycles. The molecule has 0 unspecified atom stereocenters. The van der Waals surface area contributed by atoms with Crippen LogP contribution in [-0.2, 0) is 9.53 Å². The predicted molar refractivity (Wildman–Crippen MR) is 71.7 cm³/mol. The van der Waals surface area contributed by atoms with E-state index >= 15 is 0 Å². The smallest absolute Gasteiger partial charge is 0.325 e. The van der Waals surface area contributed by atoms with E-state index in [4.69, 9.17) is 17.3 Å². The van der Waals surface area contributed by atoms with Gasteiger partial charge in [0.25, 0.3) is 0 Å². The maximum absolute atomic E-state index is 11.1. The molecule has 2 rings (SSSR count). The number of hydrogen-bond acceptors (Lipinski definition) is 5. The number of nitrogens with one attached hydrogen (secondary N) is 1. The average Bonchev–Trinajstić information content (AvgIpc) is 2.40. The average molecular weight is 266 g/mol. The molecule has 0 aliphatic heterocycles. The molecule has 0 amide bonds. The van der Waals surface area contributed by atoms with E-state index in [0.717, 1.165) is 10.8 Å². The number of carbonyl (C=O) groups is 1. The topological polar surface area (TPSA) is 77.2 Å². The third kappa shape index (κ3) is 2.31. The third-order valence-corrected chi connectivity index (χ3v) is 2.89. The van der Waals surface area contributed by atoms with E-state index in [2.05, 4.69) is 15.0 Å². The maximum atomic E-state index is 11.1. The van der Waals surface area contributed by atoms with E-state index in [1.165, 1.54) is 7.11 Å². The van der Waals surface area contributed by atoms with Crippen molar-refractivity contribution in [3.63, 3.8) is 0 Å². The Morgan fingerprint density at radius 1 is 1.44 bits per heavy atom. The zero-order chi connectivity index (χ0) is 13.1. The number of pyridine rings is 1. The summed E-state index contributed by atoms with van der Waals surface area (Å²) in [6, 6.07) is 5.28. The second-order valence-corrected chi connectivity index (χ2v) is 4.05. The lowest BCUT2D eigenvalue weighted by Gasteiger charge is -2.09. The van der Waals surface area contributed by atoms with Crippen molar-refractivity contribution in [2.45, 2.75) is 0 Å². The van der Waals surface area contributed by atoms with Crippen LogP contribution in [0.15, 0.2) is 24.4 Å². The first kappa shape index (κ1) is 12.4. The van der Waals surface area contributed by atoms with Gasteiger partial charge in [-0.2, -0.15) is 0 Å². The number of methoxy groups -OCH3 is 1. The normalized spacial score (nSPS) is 10.3. The molecule has 94 valence electrons. The molecule has 0 spiro atoms. The van der Waals surface area contributed by atoms with E-state index in [0.29, 0.717) is 16.5 Å². The van der Waals surface area contributed by atoms with Gasteiger partial charge in [-0.1, -0.05) is 11.6 Å². The van der Waals surface area contributed by atoms with Gasteiger partial charge in [-0.05, 0) is 18.2 Å². The summed E-state index contributed by atoms with van der Waals surface area (Å²) in [7, 11) is 1.33. The highest BCUT2D eigenvalue weighted by atomic mass is 35.5. The van der Waals surface area contributed by atoms with Crippen molar-refractivity contribution < 1.29 is 9.53 Å². The number of ether oxygens (including phenoxy) is 1. The van der Waals surface area contributed by atoms with Gasteiger partial charge in [0.05, 0.1) is 17.8 Å². The van der Waals surface area contributed by atoms with Gasteiger partial charge in [-0.15, -0.1) is 0 Å². The minimum absolute atomic E-state index is 0.0468. The number of nitrogens with two attached hydrogens (primary N) is 1. The van der Waals surface area contributed by atoms with Crippen LogP contribution in [0, 0.1) is 0 Å². The van der Waals surface area contributed by atoms with Crippen LogP contribution in [0.3, 0.4) is 0 Å². The number of halogens is 1. The molecule has 2 aromatic rings. The highest BCUT2D eigenvalue weighted by Gasteiger charge is 2.08. The van der Waals surface area contributed by atoms with Gasteiger partial charge in [0.15, 0.2) is 0 Å². The highest BCUT2D eigenvalue weighted by Crippen LogP contribution is 2.31. The zero-order valence-electron chi connectivity index (χ0n) is 9.74. The molecule has 0 atom stereocenters. The van der Waals surface area contributed by atoms with Crippen molar-refractivity contribution in [2.24, 2.45) is 0 Å². The Balaban J connectivity index is 2.40. The number of nitrogens with zero attached hydrogens (tertiary/aromatic N) is 1. The van der Waals surface area contributed by atoms with Crippen LogP contribution in [0.4, 0.5) is 11.5 Å². The standard InChI is InChI=1S/C12H12ClN3O2/c1-18-10(17)6-16-12-8-2-3-9(13)11(14)7(8)4-5-15-12/h2-5H,6,14H2,1H3,(H,15,16). The number of anilines is 2. The van der Waals surface area contributed by atoms with E-state index in [9.17, 15) is 4.79 Å². The Kier molecular flexibility index (Phi) is 3.53. The summed E-state index contributed by atoms with van der Waals surface area (Å²) in [6.07, 6.45) is 1.61. The quantitative estimate of drug-likeness (QED) is 0.656. The maximum Gasteiger partial charge on any atom is 0.325 e. The van der Waals surface area contributed by atoms with Crippen molar-refractivity contribution in [1.82, 2.24) is 4.98 Å². The lowest BCUT2D eigenvalue weighted by molar-refractivity contribution is -0.138. The summed E-state index contributed by atoms with van der Waals surface area (Å²) in [5, 5.41) is 5.00. The largest absolute Gasteiger partial charge is 0.468 e. The minimum Gasteiger partial charge on any atom is -0.468 e. The fourth-order valence-electron chi connectivity index (χ4n) is 1.62. The van der Waals surface area contributed by atoms with Gasteiger partial charge in [0, 0.05) is 17.0 Å². The van der Waals surface area contributed by atoms with E-state index in [-0.39, 0.29) is 12.5 Å². The Labute approximate surface area is 109 Å². The molecule has 5 nitrogen and oxygen atoms in total. The number of hydrogen-bond donors (Lipinski definition) is 2. The molecule has 0 radical (unpaired) electrons. The number of benzene rings is 1. The molecule has 0 aliphatic rings. The Morgan fingerprint density at radius 3 is 2.94 bits per heavy atom. The molecule has 1 heterocycles. The van der Waals surface area contributed by atoms with Crippen molar-refractivity contribution in [2.75, 3.05) is 24.7 Å². The van der Waals surface area contributed by atoms with Gasteiger partial charge in [-0.3, -0.25) is 4.79 Å². The Morgan fingerprint density at radius 2 is 2.22 bits per heavy atom. The number of fused-ring (bicyclic) bond motifs is 1. The van der Waals surface area contributed by atoms with Crippen LogP contribution in [0.25, 0.3) is 10.8 Å². The van der Waals surface area contributed by atoms with Crippen molar-refractivity contribution in [3.8, 4) is 0 Å². The van der Waals surface area contributed by atoms with Gasteiger partial charge in [0.1, 0.15) is 12.4 Å². The summed E-state index contributed by atoms with van der Waals surface area (Å²) in [6.45, 7) is 0.0468. The van der Waals surface area contributed by atoms with Crippen molar-refractivity contribution >= 4 is 39.8 Å². The Hall–Kier alpha value is -2.01. The van der Waals surface area contributed by atoms with Gasteiger partial charge in [0.2, 0.25) is 0 Å². The predicted octanol–water partition coefficient (Wildman–Crippen LogP) is 2.06. The number of rotatable bonds is 3. The number of aromatic nitrogens is 1. The fraction of sp³-hybridized carbons (Fsp3) is 0.167. The van der Waals surface area contributed by atoms with Crippen LogP contribution in [-0.4, -0.2) is 24.6 Å². The van der Waals surface area contributed by atoms with E-state index in [1.54, 1.807) is 24.4 Å². The summed E-state index contributed by atoms with van der Waals surface area (Å²) < 4.78 is 4.55. The number of nitrogen functional groups attached to an aromatic ring is 1. The third-order valence-electron chi connectivity index (χ3n) is 2.56. The van der Waals surface area contributed by atoms with E-state index < -0.39 is 0 Å². The number of carbonyl (C=O) groups excluding carboxylic acids is 1. The summed E-state index contributed by atoms with van der Waals surface area (Å²) in [5.41, 5.74) is 6.39. The molecule has 1 aromatic carbocycles. The molecule has 1 aromatic heterocycles. The molecular weight excluding hydrogens is 254 g/mol. The van der Waals surface area contributed by atoms with Crippen LogP contribution in [0.1, 0.15) is 0 Å². The SMILES string of the molecule is COC(=O)CNc1nccc2c(N)c(Cl)ccc12. The molecular formula is C12H12ClN3O2. The van der Waals surface area contributed by atoms with Crippen molar-refractivity contribution in [1.29, 1.82) is 0 Å². The van der Waals surface area contributed by atoms with Crippen LogP contribution < -0.4 is 11.1 Å². The van der Waals surface area contributed by atoms with E-state index in [1.807, 2.05) is 0 Å². The molecule has 18 heavy (non-hydrogen) atoms. The van der Waals surface area contributed by atoms with Gasteiger partial charge < -0.3 is 15.8 Å². The van der Waals surface area contributed by atoms with Crippen molar-refractivity contribution in [3.05, 3.63) is 29.4 Å². The second kappa shape index (κ2) is 5.10. The first-order valence-electron chi connectivity index (χ1n) is 5.27. The summed E-state index contributed by atoms with van der Waals surface area (Å²) in [4.78, 5) is 15.3. The molecule has 0 bridgehead atoms. The van der Waals surface area contributed by atoms with Crippen LogP contribution in [0.2, 0.25) is 5.02 Å². The van der Waals surface area contributed by atoms with Crippen LogP contribution in [0.5, 0.6) is 0 Å². The first-order chi connectivity index (χ1) is 8.63. The minimum atomic E-state index is -0.365.